The summed E-state index contributed by atoms with van der Waals surface area (Å²) in [6, 6.07) is 0. The monoisotopic (exact) mass is 176 g/mol. The van der Waals surface area contributed by atoms with Gasteiger partial charge in [0.15, 0.2) is 0 Å². The number of rotatable bonds is 1. The summed E-state index contributed by atoms with van der Waals surface area (Å²) < 4.78 is 21.9. The molecule has 0 unspecified atom stereocenters. The van der Waals surface area contributed by atoms with Gasteiger partial charge >= 0.3 is 10.2 Å². The van der Waals surface area contributed by atoms with Gasteiger partial charge in [-0.2, -0.15) is 8.42 Å². The summed E-state index contributed by atoms with van der Waals surface area (Å²) in [6.45, 7) is 0.198. The topological polar surface area (TPSA) is 72.6 Å². The predicted molar refractivity (Wildman–Crippen MR) is 39.2 cm³/mol. The number of allylic oxidation sites excluding steroid dienone is 2. The Bertz CT molecular complexity index is 280. The van der Waals surface area contributed by atoms with Gasteiger partial charge in [0.2, 0.25) is 0 Å². The summed E-state index contributed by atoms with van der Waals surface area (Å²) in [4.78, 5) is 4.71. The molecule has 1 aliphatic rings. The summed E-state index contributed by atoms with van der Waals surface area (Å²) >= 11 is 0. The third-order valence-electron chi connectivity index (χ3n) is 1.00. The highest BCUT2D eigenvalue weighted by Gasteiger charge is 2.12. The van der Waals surface area contributed by atoms with E-state index in [1.165, 1.54) is 12.3 Å². The van der Waals surface area contributed by atoms with Crippen molar-refractivity contribution in [2.45, 2.75) is 0 Å². The molecule has 62 valence electrons. The van der Waals surface area contributed by atoms with Crippen molar-refractivity contribution in [3.8, 4) is 0 Å². The van der Waals surface area contributed by atoms with Crippen LogP contribution < -0.4 is 5.14 Å². The van der Waals surface area contributed by atoms with Crippen LogP contribution in [0.2, 0.25) is 0 Å². The van der Waals surface area contributed by atoms with Gasteiger partial charge in [0.05, 0.1) is 6.61 Å². The number of nitrogens with two attached hydrogens (primary N) is 1. The molecule has 0 aromatic rings. The average Bonchev–Trinajstić information content (AvgIpc) is 2.10. The Morgan fingerprint density at radius 3 is 2.82 bits per heavy atom. The fraction of sp³-hybridized carbons (Fsp3) is 0.200. The largest absolute Gasteiger partial charge is 0.321 e. The molecule has 1 aliphatic heterocycles. The van der Waals surface area contributed by atoms with Crippen LogP contribution in [0.4, 0.5) is 0 Å². The third kappa shape index (κ3) is 2.34. The molecule has 0 saturated carbocycles. The lowest BCUT2D eigenvalue weighted by atomic mass is 10.5. The van der Waals surface area contributed by atoms with E-state index in [1.54, 1.807) is 12.2 Å². The van der Waals surface area contributed by atoms with Crippen molar-refractivity contribution in [1.29, 1.82) is 0 Å². The third-order valence-corrected chi connectivity index (χ3v) is 1.73. The molecule has 0 aromatic carbocycles. The number of hydrogen-bond donors (Lipinski definition) is 1. The van der Waals surface area contributed by atoms with Gasteiger partial charge in [0, 0.05) is 6.20 Å². The first-order valence-corrected chi connectivity index (χ1v) is 4.39. The molecule has 0 radical (unpaired) electrons. The molecule has 0 saturated heterocycles. The minimum atomic E-state index is -3.76. The maximum Gasteiger partial charge on any atom is 0.321 e. The van der Waals surface area contributed by atoms with Crippen molar-refractivity contribution in [3.05, 3.63) is 24.4 Å². The summed E-state index contributed by atoms with van der Waals surface area (Å²) in [5.41, 5.74) is 0. The predicted octanol–water partition coefficient (Wildman–Crippen LogP) is -0.493. The van der Waals surface area contributed by atoms with Crippen LogP contribution in [0, 0.1) is 0 Å². The normalized spacial score (nSPS) is 18.5. The Balaban J connectivity index is 2.77. The van der Waals surface area contributed by atoms with E-state index >= 15 is 0 Å². The van der Waals surface area contributed by atoms with E-state index in [0.717, 1.165) is 0 Å². The number of nitrogens with zero attached hydrogens (tertiary/aromatic N) is 1. The molecule has 2 N–H and O–H groups in total. The zero-order valence-corrected chi connectivity index (χ0v) is 6.49. The molecule has 6 heteroatoms. The van der Waals surface area contributed by atoms with Crippen molar-refractivity contribution in [2.24, 2.45) is 5.14 Å². The first-order valence-electron chi connectivity index (χ1n) is 2.89. The van der Waals surface area contributed by atoms with E-state index in [2.05, 4.69) is 0 Å². The molecule has 0 atom stereocenters. The maximum absolute atomic E-state index is 10.6. The van der Waals surface area contributed by atoms with E-state index in [-0.39, 0.29) is 6.61 Å². The molecule has 1 heterocycles. The van der Waals surface area contributed by atoms with Crippen LogP contribution in [0.3, 0.4) is 0 Å². The van der Waals surface area contributed by atoms with Crippen molar-refractivity contribution in [1.82, 2.24) is 4.47 Å². The van der Waals surface area contributed by atoms with E-state index in [0.29, 0.717) is 4.47 Å². The van der Waals surface area contributed by atoms with Crippen molar-refractivity contribution < 1.29 is 13.3 Å². The highest BCUT2D eigenvalue weighted by atomic mass is 32.2. The Kier molecular flexibility index (Phi) is 2.28. The molecule has 0 aromatic heterocycles. The molecular formula is C5H8N2O3S. The molecule has 11 heavy (non-hydrogen) atoms. The first-order chi connectivity index (χ1) is 5.11. The van der Waals surface area contributed by atoms with Gasteiger partial charge in [-0.25, -0.2) is 5.14 Å². The molecule has 0 amide bonds. The second-order valence-corrected chi connectivity index (χ2v) is 3.26. The lowest BCUT2D eigenvalue weighted by molar-refractivity contribution is -0.0291. The van der Waals surface area contributed by atoms with Crippen molar-refractivity contribution in [3.63, 3.8) is 0 Å². The van der Waals surface area contributed by atoms with Crippen LogP contribution in [0.1, 0.15) is 0 Å². The molecule has 5 nitrogen and oxygen atoms in total. The minimum absolute atomic E-state index is 0.198. The van der Waals surface area contributed by atoms with Gasteiger partial charge in [0.25, 0.3) is 0 Å². The highest BCUT2D eigenvalue weighted by Crippen LogP contribution is 2.01. The standard InChI is InChI=1S/C5H8N2O3S/c6-11(8,9)7-4-2-1-3-5-10-7/h1-4H,5H2,(H2,6,8,9). The van der Waals surface area contributed by atoms with Gasteiger partial charge in [-0.3, -0.25) is 4.84 Å². The van der Waals surface area contributed by atoms with Crippen LogP contribution in [0.5, 0.6) is 0 Å². The quantitative estimate of drug-likeness (QED) is 0.585. The van der Waals surface area contributed by atoms with E-state index in [4.69, 9.17) is 9.98 Å². The molecule has 0 fully saturated rings. The fourth-order valence-corrected chi connectivity index (χ4v) is 1.02. The second-order valence-electron chi connectivity index (χ2n) is 1.87. The van der Waals surface area contributed by atoms with Gasteiger partial charge in [-0.15, -0.1) is 4.47 Å². The van der Waals surface area contributed by atoms with Crippen molar-refractivity contribution in [2.75, 3.05) is 6.61 Å². The average molecular weight is 176 g/mol. The lowest BCUT2D eigenvalue weighted by Crippen LogP contribution is -2.32. The summed E-state index contributed by atoms with van der Waals surface area (Å²) in [7, 11) is -3.76. The van der Waals surface area contributed by atoms with Gasteiger partial charge in [-0.1, -0.05) is 12.2 Å². The molecule has 0 spiro atoms. The smallest absolute Gasteiger partial charge is 0.254 e. The van der Waals surface area contributed by atoms with E-state index < -0.39 is 10.2 Å². The van der Waals surface area contributed by atoms with Crippen molar-refractivity contribution >= 4 is 10.2 Å². The Morgan fingerprint density at radius 1 is 1.45 bits per heavy atom. The van der Waals surface area contributed by atoms with E-state index in [1.807, 2.05) is 0 Å². The summed E-state index contributed by atoms with van der Waals surface area (Å²) in [5, 5.41) is 4.77. The Morgan fingerprint density at radius 2 is 2.18 bits per heavy atom. The molecule has 1 rings (SSSR count). The lowest BCUT2D eigenvalue weighted by Gasteiger charge is -2.13. The number of hydroxylamine groups is 1. The maximum atomic E-state index is 10.6. The highest BCUT2D eigenvalue weighted by molar-refractivity contribution is 7.86. The van der Waals surface area contributed by atoms with Gasteiger partial charge in [0.1, 0.15) is 0 Å². The van der Waals surface area contributed by atoms with Crippen LogP contribution in [0.15, 0.2) is 24.4 Å². The molecule has 0 bridgehead atoms. The zero-order chi connectivity index (χ0) is 8.32. The van der Waals surface area contributed by atoms with Crippen LogP contribution in [0.25, 0.3) is 0 Å². The molecule has 0 aliphatic carbocycles. The van der Waals surface area contributed by atoms with Crippen LogP contribution in [-0.4, -0.2) is 19.5 Å². The molecular weight excluding hydrogens is 168 g/mol. The summed E-state index contributed by atoms with van der Waals surface area (Å²) in [5.74, 6) is 0. The summed E-state index contributed by atoms with van der Waals surface area (Å²) in [6.07, 6.45) is 6.10. The van der Waals surface area contributed by atoms with Crippen LogP contribution in [-0.2, 0) is 15.0 Å². The minimum Gasteiger partial charge on any atom is -0.254 e. The number of hydrogen-bond acceptors (Lipinski definition) is 3. The SMILES string of the molecule is NS(=O)(=O)N1C=CC=CCO1. The van der Waals surface area contributed by atoms with Gasteiger partial charge < -0.3 is 0 Å². The fourth-order valence-electron chi connectivity index (χ4n) is 0.572. The zero-order valence-electron chi connectivity index (χ0n) is 5.67. The van der Waals surface area contributed by atoms with Crippen LogP contribution >= 0.6 is 0 Å². The first kappa shape index (κ1) is 8.25. The Hall–Kier alpha value is -0.850. The van der Waals surface area contributed by atoms with E-state index in [9.17, 15) is 8.42 Å². The second kappa shape index (κ2) is 3.04. The Labute approximate surface area is 64.9 Å². The van der Waals surface area contributed by atoms with Gasteiger partial charge in [-0.05, 0) is 6.08 Å².